The zero-order chi connectivity index (χ0) is 101. The molecule has 0 aromatic rings. The molecule has 22 nitrogen and oxygen atoms in total. The molecule has 6 aliphatic heterocycles. The van der Waals surface area contributed by atoms with E-state index in [1.807, 2.05) is 0 Å². The number of aliphatic hydroxyl groups is 5. The number of esters is 5. The predicted molar refractivity (Wildman–Crippen MR) is 591 cm³/mol. The Hall–Kier alpha value is -5.03. The van der Waals surface area contributed by atoms with Gasteiger partial charge in [0.2, 0.25) is 0 Å². The molecule has 42 atom stereocenters. The van der Waals surface area contributed by atoms with Crippen LogP contribution < -0.4 is 5.73 Å². The highest BCUT2D eigenvalue weighted by Crippen LogP contribution is 2.74. The fourth-order valence-corrected chi connectivity index (χ4v) is 41.2. The Labute approximate surface area is 901 Å². The van der Waals surface area contributed by atoms with Crippen LogP contribution in [0.1, 0.15) is 418 Å². The molecule has 848 valence electrons. The SMILES string of the molecule is C.C.C.C.C.C.C.C=C1CC[C@H]2[C@H](CC)[C@@H]([C@@]3(C)CC[C@H]4C[C@@H]3C(=O)O4)CC[C@]12C.C=C1CC[C@H]2[C@H](CN)[C@@H]([C@@]3(C)CC[C@H](O)C[C@@H]3CO)CC[C@]12C.C=C1CC[C@H]2[C@H](CN=[N+]=[N-])[C@@H]([C@@]3(C)CC[C@H]4C[C@@H]3C(=O)O4)CC[C@]12C.C=C1CC[C@H]2[C@H](CO)[C@@H]([C@@]3(C)CC[C@H]4C[C@@H]3C(=O)O4)CC[C@]12C.C[C@]1([C@H]2CC[C@@]3(C)[C@@H](CCC34OCO4)[C@@H]2CO)CC[C@H]2C[C@@H]1C(=O)O2.C[C@]1([C@H]2CC[C@]3(C)C(=O)CC[C@H]3[C@@H]2CO)CC[C@H]2C[C@@H]1C(=O)O2. The number of azide groups is 1. The van der Waals surface area contributed by atoms with Crippen molar-refractivity contribution in [3.05, 3.63) is 59.1 Å². The van der Waals surface area contributed by atoms with Crippen LogP contribution in [0, 0.1) is 207 Å². The van der Waals surface area contributed by atoms with Crippen LogP contribution in [0.15, 0.2) is 53.7 Å². The highest BCUT2D eigenvalue weighted by molar-refractivity contribution is 5.87. The van der Waals surface area contributed by atoms with E-state index in [9.17, 15) is 54.3 Å². The Morgan fingerprint density at radius 2 is 0.611 bits per heavy atom. The standard InChI is InChI=1S/C21H32O2.C20H29N3O2.C20H35NO2.C20H30O5.C20H30O3.C19H28O4.7CH4/c1-5-15-16-7-6-13(2)20(16,3)11-9-17(15)21(4)10-8-14-12-18(21)19(22)23-14;1-12-4-5-15-14(11-22-23-21)16(7-9-19(12,15)2)20(3)8-6-13-10-17(20)18(24)25-13;1-13-4-5-17-16(11-21)18(7-9-19(13,17)2)20(3)8-6-15(23)10-14(20)12-22;1-18(6-3-12-9-16(18)17(22)25-12)14-4-7-19(2)15(13(14)10-21)5-8-20(19)23-11-24-20;1-12-4-5-15-14(11-21)16(7-9-19(12,15)2)20(3)8-6-13-10-17(20)18(22)23-13;1-18(7-5-11-9-15(18)17(22)23-11)14-6-8-19(2)13(12(14)10-20)3-4-16(19)21;;;;;;;/h14-18H,2,5-12H2,1,3-4H3;13-17H,1,4-11H2,2-3H3;14-18,22-23H,1,4-12,21H2,2-3H3;12-16,21H,3-11H2,1-2H3;13-17,21H,1,4-11H2,2-3H3;11-15,20H,3-10H2,1-2H3;7*1H4/t14-,15-,16-,17-,18+,20+,21+;13-,14-,15-,16-,17+,19+,20+;14-,15+,16+,17+,18+,19-,20+;12-,13+,14-,15-,16+,18+,19-;13-,14-,15-,16-,17+,19+,20+;11-,12-,13-,14-,15+,18+,19-;;;;;;;/m001000......./s1. The Kier molecular flexibility index (Phi) is 37.3. The molecule has 24 aliphatic rings. The van der Waals surface area contributed by atoms with Gasteiger partial charge >= 0.3 is 29.8 Å². The number of hydrogen-bond acceptors (Lipinski definition) is 20. The van der Waals surface area contributed by atoms with Crippen LogP contribution in [0.5, 0.6) is 0 Å². The quantitative estimate of drug-likeness (QED) is 0.0235. The van der Waals surface area contributed by atoms with Crippen molar-refractivity contribution in [1.29, 1.82) is 0 Å². The Balaban J connectivity index is 0.000000157. The fraction of sp³-hybridized carbons (Fsp3) is 0.890. The van der Waals surface area contributed by atoms with Gasteiger partial charge in [-0.2, -0.15) is 0 Å². The first-order valence-corrected chi connectivity index (χ1v) is 57.8. The lowest BCUT2D eigenvalue weighted by Crippen LogP contribution is -2.61. The highest BCUT2D eigenvalue weighted by atomic mass is 16.9. The molecule has 22 heteroatoms. The molecule has 149 heavy (non-hydrogen) atoms. The third kappa shape index (κ3) is 19.6. The maximum atomic E-state index is 12.5. The lowest BCUT2D eigenvalue weighted by atomic mass is 9.49. The summed E-state index contributed by atoms with van der Waals surface area (Å²) < 4.78 is 39.7. The van der Waals surface area contributed by atoms with E-state index in [2.05, 4.69) is 126 Å². The number of hydrogen-bond donors (Lipinski definition) is 6. The molecule has 0 radical (unpaired) electrons. The summed E-state index contributed by atoms with van der Waals surface area (Å²) in [4.78, 5) is 77.4. The third-order valence-electron chi connectivity index (χ3n) is 50.7. The molecule has 0 aromatic heterocycles. The molecule has 7 N–H and O–H groups in total. The van der Waals surface area contributed by atoms with E-state index in [4.69, 9.17) is 44.4 Å². The maximum absolute atomic E-state index is 12.5. The number of allylic oxidation sites excluding steroid dienone is 4. The molecule has 0 unspecified atom stereocenters. The second-order valence-electron chi connectivity index (χ2n) is 55.1. The summed E-state index contributed by atoms with van der Waals surface area (Å²) >= 11 is 0. The molecule has 6 heterocycles. The molecule has 0 amide bonds. The first-order chi connectivity index (χ1) is 67.4. The number of ether oxygens (including phenoxy) is 7. The molecule has 0 aromatic carbocycles. The van der Waals surface area contributed by atoms with Crippen LogP contribution in [-0.2, 0) is 61.9 Å². The van der Waals surface area contributed by atoms with Gasteiger partial charge in [0.15, 0.2) is 12.6 Å². The van der Waals surface area contributed by atoms with Gasteiger partial charge in [0.05, 0.1) is 35.7 Å². The number of ketones is 1. The van der Waals surface area contributed by atoms with Gasteiger partial charge < -0.3 is 64.4 Å². The van der Waals surface area contributed by atoms with Crippen molar-refractivity contribution in [2.45, 2.75) is 461 Å². The summed E-state index contributed by atoms with van der Waals surface area (Å²) in [5, 5.41) is 54.8. The zero-order valence-electron chi connectivity index (χ0n) is 89.5. The van der Waals surface area contributed by atoms with Crippen molar-refractivity contribution >= 4 is 35.6 Å². The van der Waals surface area contributed by atoms with Crippen LogP contribution in [0.4, 0.5) is 0 Å². The molecular weight excluding hydrogens is 1870 g/mol. The van der Waals surface area contributed by atoms with Crippen molar-refractivity contribution in [3.8, 4) is 0 Å². The zero-order valence-corrected chi connectivity index (χ0v) is 89.5. The molecule has 24 fully saturated rings. The molecule has 6 saturated heterocycles. The second kappa shape index (κ2) is 45.4. The average molecular weight is 2080 g/mol. The second-order valence-corrected chi connectivity index (χ2v) is 55.1. The van der Waals surface area contributed by atoms with Crippen LogP contribution >= 0.6 is 0 Å². The van der Waals surface area contributed by atoms with E-state index >= 15 is 0 Å². The van der Waals surface area contributed by atoms with Crippen molar-refractivity contribution in [1.82, 2.24) is 0 Å². The summed E-state index contributed by atoms with van der Waals surface area (Å²) in [6.07, 6.45) is 45.7. The monoisotopic (exact) mass is 2080 g/mol. The minimum atomic E-state index is -0.416. The van der Waals surface area contributed by atoms with E-state index in [-0.39, 0.29) is 258 Å². The number of nitrogens with zero attached hydrogens (tertiary/aromatic N) is 3. The van der Waals surface area contributed by atoms with Crippen molar-refractivity contribution in [3.63, 3.8) is 0 Å². The van der Waals surface area contributed by atoms with Gasteiger partial charge in [-0.1, -0.05) is 202 Å². The van der Waals surface area contributed by atoms with Gasteiger partial charge in [0, 0.05) is 61.6 Å². The summed E-state index contributed by atoms with van der Waals surface area (Å²) in [6.45, 7) is 50.2. The van der Waals surface area contributed by atoms with Crippen LogP contribution in [-0.4, -0.2) is 150 Å². The van der Waals surface area contributed by atoms with Gasteiger partial charge in [-0.15, -0.1) is 0 Å². The Morgan fingerprint density at radius 1 is 0.329 bits per heavy atom. The largest absolute Gasteiger partial charge is 0.462 e. The van der Waals surface area contributed by atoms with Gasteiger partial charge in [0.1, 0.15) is 36.3 Å². The van der Waals surface area contributed by atoms with Crippen LogP contribution in [0.25, 0.3) is 10.4 Å². The van der Waals surface area contributed by atoms with Gasteiger partial charge in [-0.3, -0.25) is 28.8 Å². The first-order valence-electron chi connectivity index (χ1n) is 57.8. The Morgan fingerprint density at radius 3 is 0.933 bits per heavy atom. The summed E-state index contributed by atoms with van der Waals surface area (Å²) in [5.74, 6) is 8.86. The molecule has 18 saturated carbocycles. The van der Waals surface area contributed by atoms with Crippen molar-refractivity contribution in [2.75, 3.05) is 46.3 Å². The lowest BCUT2D eigenvalue weighted by molar-refractivity contribution is -0.437. The topological polar surface area (TPSA) is 343 Å². The van der Waals surface area contributed by atoms with E-state index in [1.165, 1.54) is 86.5 Å². The summed E-state index contributed by atoms with van der Waals surface area (Å²) in [6, 6.07) is 0. The highest BCUT2D eigenvalue weighted by Gasteiger charge is 2.72. The number of carbonyl (C=O) groups excluding carboxylic acids is 6. The van der Waals surface area contributed by atoms with Crippen molar-refractivity contribution < 1.29 is 87.5 Å². The smallest absolute Gasteiger partial charge is 0.309 e. The number of rotatable bonds is 14. The normalized spacial score (nSPS) is 49.2. The number of nitrogens with two attached hydrogens (primary N) is 1. The Bertz CT molecular complexity index is 4620. The fourth-order valence-electron chi connectivity index (χ4n) is 41.2. The summed E-state index contributed by atoms with van der Waals surface area (Å²) in [7, 11) is 0. The van der Waals surface area contributed by atoms with Crippen molar-refractivity contribution in [2.24, 2.45) is 218 Å². The molecule has 18 aliphatic carbocycles. The van der Waals surface area contributed by atoms with E-state index in [1.54, 1.807) is 0 Å². The average Bonchev–Trinajstić information content (AvgIpc) is 1.55. The molecular formula is C127H212N4O18. The molecule has 24 rings (SSSR count). The van der Waals surface area contributed by atoms with Crippen LogP contribution in [0.2, 0.25) is 0 Å². The third-order valence-corrected chi connectivity index (χ3v) is 50.7. The number of Topliss-reactive ketones (excluding diaryl/α,β-unsaturated/α-hetero) is 1. The number of aliphatic hydroxyl groups excluding tert-OH is 5. The van der Waals surface area contributed by atoms with E-state index in [0.717, 1.165) is 224 Å². The maximum Gasteiger partial charge on any atom is 0.309 e. The van der Waals surface area contributed by atoms with Gasteiger partial charge in [-0.25, -0.2) is 0 Å². The van der Waals surface area contributed by atoms with Gasteiger partial charge in [0.25, 0.3) is 0 Å². The lowest BCUT2D eigenvalue weighted by Gasteiger charge is -2.58. The van der Waals surface area contributed by atoms with E-state index in [0.29, 0.717) is 108 Å². The minimum absolute atomic E-state index is 0. The van der Waals surface area contributed by atoms with Gasteiger partial charge in [-0.05, 0) is 435 Å². The molecule has 10 bridgehead atoms. The number of carbonyl (C=O) groups is 6. The summed E-state index contributed by atoms with van der Waals surface area (Å²) in [5.41, 5.74) is 21.8. The van der Waals surface area contributed by atoms with E-state index < -0.39 is 5.79 Å². The van der Waals surface area contributed by atoms with Crippen LogP contribution in [0.3, 0.4) is 0 Å². The molecule has 1 spiro atoms. The first kappa shape index (κ1) is 123. The number of fused-ring (bicyclic) bond motifs is 17. The predicted octanol–water partition coefficient (Wildman–Crippen LogP) is 27.0. The minimum Gasteiger partial charge on any atom is -0.462 e.